The Balaban J connectivity index is 1.51. The fraction of sp³-hybridized carbons (Fsp3) is 0.238. The average molecular weight is 439 g/mol. The van der Waals surface area contributed by atoms with Crippen LogP contribution in [0.5, 0.6) is 0 Å². The van der Waals surface area contributed by atoms with Gasteiger partial charge in [-0.05, 0) is 50.2 Å². The Morgan fingerprint density at radius 3 is 2.67 bits per heavy atom. The molecule has 1 aliphatic heterocycles. The molecule has 0 bridgehead atoms. The smallest absolute Gasteiger partial charge is 0.267 e. The van der Waals surface area contributed by atoms with E-state index >= 15 is 0 Å². The molecular weight excluding hydrogens is 420 g/mol. The van der Waals surface area contributed by atoms with Crippen molar-refractivity contribution in [3.63, 3.8) is 0 Å². The summed E-state index contributed by atoms with van der Waals surface area (Å²) in [5.74, 6) is 1.92. The lowest BCUT2D eigenvalue weighted by Gasteiger charge is -2.22. The van der Waals surface area contributed by atoms with Crippen LogP contribution in [0.25, 0.3) is 10.8 Å². The molecule has 7 nitrogen and oxygen atoms in total. The third-order valence-corrected chi connectivity index (χ3v) is 6.84. The summed E-state index contributed by atoms with van der Waals surface area (Å²) in [5.41, 5.74) is 1.73. The molecule has 2 amide bonds. The highest BCUT2D eigenvalue weighted by atomic mass is 32.2. The predicted octanol–water partition coefficient (Wildman–Crippen LogP) is 4.05. The van der Waals surface area contributed by atoms with Gasteiger partial charge in [-0.1, -0.05) is 0 Å². The van der Waals surface area contributed by atoms with E-state index in [1.54, 1.807) is 36.1 Å². The SMILES string of the molecule is Cc1ccc(-c2nc(C)c(C(=O)N3CSCC3C(=O)Nc3ccc(C#N)cc3)s2)o1. The number of hydrogen-bond acceptors (Lipinski definition) is 7. The van der Waals surface area contributed by atoms with Crippen molar-refractivity contribution in [2.45, 2.75) is 19.9 Å². The number of nitrogens with one attached hydrogen (secondary N) is 1. The Labute approximate surface area is 181 Å². The molecule has 9 heteroatoms. The Kier molecular flexibility index (Phi) is 5.61. The van der Waals surface area contributed by atoms with Gasteiger partial charge in [-0.25, -0.2) is 4.98 Å². The first-order valence-electron chi connectivity index (χ1n) is 9.20. The molecule has 3 heterocycles. The predicted molar refractivity (Wildman–Crippen MR) is 116 cm³/mol. The third kappa shape index (κ3) is 3.97. The quantitative estimate of drug-likeness (QED) is 0.660. The molecule has 1 N–H and O–H groups in total. The Morgan fingerprint density at radius 1 is 1.23 bits per heavy atom. The summed E-state index contributed by atoms with van der Waals surface area (Å²) in [6, 6.07) is 11.8. The van der Waals surface area contributed by atoms with E-state index < -0.39 is 6.04 Å². The number of rotatable bonds is 4. The highest BCUT2D eigenvalue weighted by Gasteiger charge is 2.36. The maximum atomic E-state index is 13.2. The number of thioether (sulfide) groups is 1. The van der Waals surface area contributed by atoms with E-state index in [0.29, 0.717) is 44.2 Å². The van der Waals surface area contributed by atoms with Crippen LogP contribution in [0.2, 0.25) is 0 Å². The molecule has 1 aliphatic rings. The first kappa shape index (κ1) is 20.2. The van der Waals surface area contributed by atoms with Gasteiger partial charge in [0.25, 0.3) is 5.91 Å². The summed E-state index contributed by atoms with van der Waals surface area (Å²) in [7, 11) is 0. The van der Waals surface area contributed by atoms with Crippen LogP contribution in [0.15, 0.2) is 40.8 Å². The summed E-state index contributed by atoms with van der Waals surface area (Å²) in [6.45, 7) is 3.65. The Bertz CT molecular complexity index is 1140. The molecule has 4 rings (SSSR count). The van der Waals surface area contributed by atoms with E-state index in [4.69, 9.17) is 9.68 Å². The van der Waals surface area contributed by atoms with Crippen molar-refractivity contribution in [2.75, 3.05) is 16.9 Å². The Hall–Kier alpha value is -3.09. The van der Waals surface area contributed by atoms with Crippen LogP contribution in [0.3, 0.4) is 0 Å². The number of nitriles is 1. The minimum absolute atomic E-state index is 0.204. The van der Waals surface area contributed by atoms with E-state index in [2.05, 4.69) is 10.3 Å². The zero-order valence-corrected chi connectivity index (χ0v) is 18.0. The lowest BCUT2D eigenvalue weighted by Crippen LogP contribution is -2.44. The van der Waals surface area contributed by atoms with Crippen molar-refractivity contribution >= 4 is 40.6 Å². The van der Waals surface area contributed by atoms with Crippen LogP contribution in [0, 0.1) is 25.2 Å². The van der Waals surface area contributed by atoms with E-state index in [1.807, 2.05) is 25.1 Å². The number of carbonyl (C=O) groups excluding carboxylic acids is 2. The highest BCUT2D eigenvalue weighted by Crippen LogP contribution is 2.32. The van der Waals surface area contributed by atoms with Gasteiger partial charge in [0.05, 0.1) is 23.2 Å². The number of furan rings is 1. The normalized spacial score (nSPS) is 15.8. The van der Waals surface area contributed by atoms with Gasteiger partial charge in [0, 0.05) is 11.4 Å². The monoisotopic (exact) mass is 438 g/mol. The van der Waals surface area contributed by atoms with Crippen molar-refractivity contribution in [3.05, 3.63) is 58.3 Å². The lowest BCUT2D eigenvalue weighted by molar-refractivity contribution is -0.119. The molecule has 0 aliphatic carbocycles. The van der Waals surface area contributed by atoms with Gasteiger partial charge in [0.2, 0.25) is 5.91 Å². The lowest BCUT2D eigenvalue weighted by atomic mass is 10.2. The zero-order chi connectivity index (χ0) is 21.3. The van der Waals surface area contributed by atoms with Crippen molar-refractivity contribution in [3.8, 4) is 16.8 Å². The largest absolute Gasteiger partial charge is 0.459 e. The molecule has 1 atom stereocenters. The molecule has 0 radical (unpaired) electrons. The summed E-state index contributed by atoms with van der Waals surface area (Å²) in [4.78, 5) is 32.6. The number of amides is 2. The maximum absolute atomic E-state index is 13.2. The molecule has 30 heavy (non-hydrogen) atoms. The fourth-order valence-electron chi connectivity index (χ4n) is 3.09. The molecule has 1 aromatic carbocycles. The van der Waals surface area contributed by atoms with Crippen LogP contribution < -0.4 is 5.32 Å². The van der Waals surface area contributed by atoms with Crippen LogP contribution in [0.4, 0.5) is 5.69 Å². The molecule has 2 aromatic heterocycles. The second-order valence-corrected chi connectivity index (χ2v) is 8.81. The van der Waals surface area contributed by atoms with Gasteiger partial charge in [0.1, 0.15) is 16.7 Å². The Morgan fingerprint density at radius 2 is 2.00 bits per heavy atom. The van der Waals surface area contributed by atoms with Gasteiger partial charge in [0.15, 0.2) is 10.8 Å². The van der Waals surface area contributed by atoms with Gasteiger partial charge in [-0.2, -0.15) is 5.26 Å². The van der Waals surface area contributed by atoms with Gasteiger partial charge < -0.3 is 14.6 Å². The molecular formula is C21H18N4O3S2. The second-order valence-electron chi connectivity index (χ2n) is 6.81. The molecule has 152 valence electrons. The first-order chi connectivity index (χ1) is 14.5. The molecule has 1 unspecified atom stereocenters. The minimum atomic E-state index is -0.575. The van der Waals surface area contributed by atoms with Crippen LogP contribution in [0.1, 0.15) is 26.7 Å². The topological polar surface area (TPSA) is 99.2 Å². The van der Waals surface area contributed by atoms with Gasteiger partial charge in [-0.3, -0.25) is 9.59 Å². The molecule has 1 saturated heterocycles. The van der Waals surface area contributed by atoms with E-state index in [1.165, 1.54) is 23.1 Å². The third-order valence-electron chi connectivity index (χ3n) is 4.67. The number of nitrogens with zero attached hydrogens (tertiary/aromatic N) is 3. The zero-order valence-electron chi connectivity index (χ0n) is 16.3. The van der Waals surface area contributed by atoms with Crippen molar-refractivity contribution < 1.29 is 14.0 Å². The van der Waals surface area contributed by atoms with Gasteiger partial charge >= 0.3 is 0 Å². The van der Waals surface area contributed by atoms with E-state index in [0.717, 1.165) is 5.76 Å². The maximum Gasteiger partial charge on any atom is 0.267 e. The molecule has 0 saturated carbocycles. The van der Waals surface area contributed by atoms with E-state index in [9.17, 15) is 9.59 Å². The van der Waals surface area contributed by atoms with Gasteiger partial charge in [-0.15, -0.1) is 23.1 Å². The summed E-state index contributed by atoms with van der Waals surface area (Å²) < 4.78 is 5.62. The molecule has 0 spiro atoms. The van der Waals surface area contributed by atoms with Crippen molar-refractivity contribution in [1.29, 1.82) is 5.26 Å². The number of carbonyl (C=O) groups is 2. The van der Waals surface area contributed by atoms with Crippen molar-refractivity contribution in [1.82, 2.24) is 9.88 Å². The fourth-order valence-corrected chi connectivity index (χ4v) is 5.23. The van der Waals surface area contributed by atoms with Crippen LogP contribution in [-0.2, 0) is 4.79 Å². The number of hydrogen-bond donors (Lipinski definition) is 1. The van der Waals surface area contributed by atoms with E-state index in [-0.39, 0.29) is 11.8 Å². The number of thiazole rings is 1. The number of aromatic nitrogens is 1. The first-order valence-corrected chi connectivity index (χ1v) is 11.2. The average Bonchev–Trinajstić information content (AvgIpc) is 3.47. The summed E-state index contributed by atoms with van der Waals surface area (Å²) in [6.07, 6.45) is 0. The number of benzene rings is 1. The molecule has 1 fully saturated rings. The van der Waals surface area contributed by atoms with Crippen LogP contribution in [-0.4, -0.2) is 39.4 Å². The minimum Gasteiger partial charge on any atom is -0.459 e. The summed E-state index contributed by atoms with van der Waals surface area (Å²) in [5, 5.41) is 12.4. The summed E-state index contributed by atoms with van der Waals surface area (Å²) >= 11 is 2.81. The number of anilines is 1. The number of aryl methyl sites for hydroxylation is 2. The van der Waals surface area contributed by atoms with Crippen molar-refractivity contribution in [2.24, 2.45) is 0 Å². The standard InChI is InChI=1S/C21H18N4O3S2/c1-12-3-8-17(28-12)20-23-13(2)18(30-20)21(27)25-11-29-10-16(25)19(26)24-15-6-4-14(9-22)5-7-15/h3-8,16H,10-11H2,1-2H3,(H,24,26). The second kappa shape index (κ2) is 8.34. The molecule has 3 aromatic rings. The van der Waals surface area contributed by atoms with Crippen LogP contribution >= 0.6 is 23.1 Å². The highest BCUT2D eigenvalue weighted by molar-refractivity contribution is 7.99.